The van der Waals surface area contributed by atoms with Crippen LogP contribution in [0, 0.1) is 0 Å². The topological polar surface area (TPSA) is 132 Å². The molecule has 10 nitrogen and oxygen atoms in total. The van der Waals surface area contributed by atoms with Crippen LogP contribution in [0.4, 0.5) is 10.6 Å². The Morgan fingerprint density at radius 2 is 1.80 bits per heavy atom. The normalized spacial score (nSPS) is 18.5. The van der Waals surface area contributed by atoms with Crippen LogP contribution in [0.5, 0.6) is 0 Å². The standard InChI is InChI=1S/C25H24N4O6/c1-29-21(12-20(28-29)22(30)31)26-23(32)25(10-11-34-14-25)27-24(33)35-13-19-17-8-4-2-6-15(17)16-7-3-5-9-18(16)19/h2-9,12,19H,10-11,13-14H2,1H3,(H,26,32)(H,27,33)(H,30,31). The molecule has 10 heteroatoms. The molecule has 1 unspecified atom stereocenters. The minimum Gasteiger partial charge on any atom is -0.476 e. The molecule has 180 valence electrons. The smallest absolute Gasteiger partial charge is 0.408 e. The Labute approximate surface area is 200 Å². The molecule has 0 bridgehead atoms. The van der Waals surface area contributed by atoms with Gasteiger partial charge in [-0.25, -0.2) is 9.59 Å². The van der Waals surface area contributed by atoms with E-state index >= 15 is 0 Å². The summed E-state index contributed by atoms with van der Waals surface area (Å²) < 4.78 is 12.3. The number of amides is 2. The molecule has 35 heavy (non-hydrogen) atoms. The van der Waals surface area contributed by atoms with E-state index in [1.165, 1.54) is 17.8 Å². The maximum atomic E-state index is 13.1. The number of hydrogen-bond donors (Lipinski definition) is 3. The van der Waals surface area contributed by atoms with E-state index in [0.29, 0.717) is 0 Å². The van der Waals surface area contributed by atoms with E-state index in [1.807, 2.05) is 36.4 Å². The number of carboxylic acids is 1. The average Bonchev–Trinajstić information content (AvgIpc) is 3.55. The maximum absolute atomic E-state index is 13.1. The third kappa shape index (κ3) is 4.12. The lowest BCUT2D eigenvalue weighted by Gasteiger charge is -2.27. The number of benzene rings is 2. The third-order valence-corrected chi connectivity index (χ3v) is 6.48. The number of alkyl carbamates (subject to hydrolysis) is 1. The fourth-order valence-electron chi connectivity index (χ4n) is 4.65. The molecule has 2 aromatic carbocycles. The Morgan fingerprint density at radius 1 is 1.14 bits per heavy atom. The van der Waals surface area contributed by atoms with Gasteiger partial charge in [0.15, 0.2) is 5.69 Å². The van der Waals surface area contributed by atoms with Gasteiger partial charge in [-0.3, -0.25) is 9.48 Å². The first-order valence-electron chi connectivity index (χ1n) is 11.2. The molecule has 1 aromatic heterocycles. The van der Waals surface area contributed by atoms with Crippen molar-refractivity contribution in [3.63, 3.8) is 0 Å². The lowest BCUT2D eigenvalue weighted by atomic mass is 9.97. The summed E-state index contributed by atoms with van der Waals surface area (Å²) in [5.74, 6) is -1.67. The van der Waals surface area contributed by atoms with E-state index in [1.54, 1.807) is 0 Å². The van der Waals surface area contributed by atoms with Crippen LogP contribution in [0.2, 0.25) is 0 Å². The highest BCUT2D eigenvalue weighted by molar-refractivity contribution is 6.00. The number of anilines is 1. The highest BCUT2D eigenvalue weighted by Crippen LogP contribution is 2.44. The monoisotopic (exact) mass is 476 g/mol. The minimum atomic E-state index is -1.35. The zero-order valence-electron chi connectivity index (χ0n) is 19.0. The van der Waals surface area contributed by atoms with Gasteiger partial charge in [0.25, 0.3) is 5.91 Å². The van der Waals surface area contributed by atoms with Gasteiger partial charge in [-0.05, 0) is 22.3 Å². The molecular formula is C25H24N4O6. The SMILES string of the molecule is Cn1nc(C(=O)O)cc1NC(=O)C1(NC(=O)OCC2c3ccccc3-c3ccccc32)CCOC1. The van der Waals surface area contributed by atoms with Gasteiger partial charge in [0.1, 0.15) is 18.0 Å². The second-order valence-corrected chi connectivity index (χ2v) is 8.63. The molecule has 1 atom stereocenters. The molecule has 1 aliphatic heterocycles. The minimum absolute atomic E-state index is 0.0351. The molecule has 1 fully saturated rings. The molecular weight excluding hydrogens is 452 g/mol. The summed E-state index contributed by atoms with van der Waals surface area (Å²) in [5, 5.41) is 18.3. The van der Waals surface area contributed by atoms with Crippen LogP contribution in [0.15, 0.2) is 54.6 Å². The summed E-state index contributed by atoms with van der Waals surface area (Å²) in [6.45, 7) is 0.359. The number of carbonyl (C=O) groups excluding carboxylic acids is 2. The summed E-state index contributed by atoms with van der Waals surface area (Å²) in [7, 11) is 1.51. The lowest BCUT2D eigenvalue weighted by molar-refractivity contribution is -0.122. The average molecular weight is 476 g/mol. The third-order valence-electron chi connectivity index (χ3n) is 6.48. The number of aromatic nitrogens is 2. The van der Waals surface area contributed by atoms with Crippen molar-refractivity contribution in [3.05, 3.63) is 71.4 Å². The molecule has 5 rings (SSSR count). The van der Waals surface area contributed by atoms with Crippen LogP contribution in [0.3, 0.4) is 0 Å². The number of aryl methyl sites for hydroxylation is 1. The molecule has 0 spiro atoms. The lowest BCUT2D eigenvalue weighted by Crippen LogP contribution is -2.57. The number of aromatic carboxylic acids is 1. The van der Waals surface area contributed by atoms with Crippen molar-refractivity contribution in [1.29, 1.82) is 0 Å². The van der Waals surface area contributed by atoms with Crippen molar-refractivity contribution < 1.29 is 29.0 Å². The van der Waals surface area contributed by atoms with Crippen LogP contribution in [0.1, 0.15) is 34.0 Å². The molecule has 3 N–H and O–H groups in total. The van der Waals surface area contributed by atoms with Crippen LogP contribution in [0.25, 0.3) is 11.1 Å². The highest BCUT2D eigenvalue weighted by Gasteiger charge is 2.45. The molecule has 2 amide bonds. The summed E-state index contributed by atoms with van der Waals surface area (Å²) >= 11 is 0. The first kappa shape index (κ1) is 22.6. The quantitative estimate of drug-likeness (QED) is 0.498. The summed E-state index contributed by atoms with van der Waals surface area (Å²) in [4.78, 5) is 37.1. The van der Waals surface area contributed by atoms with Crippen molar-refractivity contribution in [2.45, 2.75) is 17.9 Å². The van der Waals surface area contributed by atoms with E-state index in [4.69, 9.17) is 14.6 Å². The van der Waals surface area contributed by atoms with E-state index in [2.05, 4.69) is 27.9 Å². The maximum Gasteiger partial charge on any atom is 0.408 e. The predicted molar refractivity (Wildman–Crippen MR) is 125 cm³/mol. The molecule has 2 aliphatic rings. The predicted octanol–water partition coefficient (Wildman–Crippen LogP) is 2.75. The summed E-state index contributed by atoms with van der Waals surface area (Å²) in [6.07, 6.45) is -0.490. The number of rotatable bonds is 6. The number of nitrogens with one attached hydrogen (secondary N) is 2. The molecule has 2 heterocycles. The largest absolute Gasteiger partial charge is 0.476 e. The van der Waals surface area contributed by atoms with Gasteiger partial charge in [-0.2, -0.15) is 5.10 Å². The molecule has 3 aromatic rings. The fraction of sp³-hybridized carbons (Fsp3) is 0.280. The van der Waals surface area contributed by atoms with Crippen molar-refractivity contribution in [2.24, 2.45) is 7.05 Å². The number of hydrogen-bond acceptors (Lipinski definition) is 6. The van der Waals surface area contributed by atoms with Gasteiger partial charge in [-0.15, -0.1) is 0 Å². The van der Waals surface area contributed by atoms with Crippen molar-refractivity contribution in [1.82, 2.24) is 15.1 Å². The van der Waals surface area contributed by atoms with Crippen LogP contribution in [-0.4, -0.2) is 58.2 Å². The summed E-state index contributed by atoms with van der Waals surface area (Å²) in [5.41, 5.74) is 2.86. The first-order chi connectivity index (χ1) is 16.9. The van der Waals surface area contributed by atoms with Crippen LogP contribution < -0.4 is 10.6 Å². The Hall–Kier alpha value is -4.18. The number of carbonyl (C=O) groups is 3. The van der Waals surface area contributed by atoms with Crippen LogP contribution in [-0.2, 0) is 21.3 Å². The van der Waals surface area contributed by atoms with Gasteiger partial charge < -0.3 is 25.2 Å². The Bertz CT molecular complexity index is 1270. The first-order valence-corrected chi connectivity index (χ1v) is 11.2. The Balaban J connectivity index is 1.29. The van der Waals surface area contributed by atoms with E-state index in [9.17, 15) is 14.4 Å². The Morgan fingerprint density at radius 3 is 2.37 bits per heavy atom. The zero-order chi connectivity index (χ0) is 24.6. The van der Waals surface area contributed by atoms with E-state index in [-0.39, 0.29) is 43.7 Å². The molecule has 0 saturated carbocycles. The van der Waals surface area contributed by atoms with Gasteiger partial charge in [-0.1, -0.05) is 48.5 Å². The molecule has 1 aliphatic carbocycles. The summed E-state index contributed by atoms with van der Waals surface area (Å²) in [6, 6.07) is 17.3. The van der Waals surface area contributed by atoms with Gasteiger partial charge in [0.05, 0.1) is 6.61 Å². The van der Waals surface area contributed by atoms with Crippen molar-refractivity contribution >= 4 is 23.8 Å². The van der Waals surface area contributed by atoms with Gasteiger partial charge in [0.2, 0.25) is 0 Å². The van der Waals surface area contributed by atoms with E-state index < -0.39 is 23.5 Å². The second-order valence-electron chi connectivity index (χ2n) is 8.63. The zero-order valence-corrected chi connectivity index (χ0v) is 19.0. The van der Waals surface area contributed by atoms with E-state index in [0.717, 1.165) is 22.3 Å². The molecule has 1 saturated heterocycles. The van der Waals surface area contributed by atoms with Gasteiger partial charge in [0, 0.05) is 32.1 Å². The van der Waals surface area contributed by atoms with Crippen molar-refractivity contribution in [3.8, 4) is 11.1 Å². The van der Waals surface area contributed by atoms with Gasteiger partial charge >= 0.3 is 12.1 Å². The number of ether oxygens (including phenoxy) is 2. The second kappa shape index (κ2) is 8.88. The van der Waals surface area contributed by atoms with Crippen molar-refractivity contribution in [2.75, 3.05) is 25.1 Å². The Kier molecular flexibility index (Phi) is 5.73. The highest BCUT2D eigenvalue weighted by atomic mass is 16.6. The fourth-order valence-corrected chi connectivity index (χ4v) is 4.65. The number of nitrogens with zero attached hydrogens (tertiary/aromatic N) is 2. The number of carboxylic acid groups (broad SMARTS) is 1. The molecule has 0 radical (unpaired) electrons. The van der Waals surface area contributed by atoms with Crippen LogP contribution >= 0.6 is 0 Å². The number of fused-ring (bicyclic) bond motifs is 3.